The van der Waals surface area contributed by atoms with Crippen molar-refractivity contribution in [2.24, 2.45) is 0 Å². The third-order valence-electron chi connectivity index (χ3n) is 3.08. The summed E-state index contributed by atoms with van der Waals surface area (Å²) in [6.07, 6.45) is 1.55. The zero-order valence-electron chi connectivity index (χ0n) is 10.2. The molecule has 2 heterocycles. The highest BCUT2D eigenvalue weighted by Gasteiger charge is 2.22. The minimum Gasteiger partial charge on any atom is -0.399 e. The molecule has 0 atom stereocenters. The number of rotatable bonds is 3. The van der Waals surface area contributed by atoms with Crippen LogP contribution in [0.3, 0.4) is 0 Å². The standard InChI is InChI=1S/C12H18N4O2/c13-10-1-2-14-11(9-10)12(18)16-5-3-15(4-6-16)7-8-17/h1-2,9,17H,3-8H2,(H2,13,14). The number of nitrogens with two attached hydrogens (primary N) is 1. The van der Waals surface area contributed by atoms with Crippen molar-refractivity contribution in [2.75, 3.05) is 45.1 Å². The number of nitrogens with zero attached hydrogens (tertiary/aromatic N) is 3. The van der Waals surface area contributed by atoms with Gasteiger partial charge in [0.2, 0.25) is 0 Å². The molecular weight excluding hydrogens is 232 g/mol. The molecule has 0 radical (unpaired) electrons. The van der Waals surface area contributed by atoms with Crippen LogP contribution in [-0.2, 0) is 0 Å². The van der Waals surface area contributed by atoms with Gasteiger partial charge in [0.15, 0.2) is 0 Å². The van der Waals surface area contributed by atoms with Gasteiger partial charge in [-0.15, -0.1) is 0 Å². The summed E-state index contributed by atoms with van der Waals surface area (Å²) in [4.78, 5) is 20.1. The number of aliphatic hydroxyl groups excluding tert-OH is 1. The van der Waals surface area contributed by atoms with Crippen LogP contribution in [0.15, 0.2) is 18.3 Å². The number of carbonyl (C=O) groups is 1. The number of piperazine rings is 1. The molecule has 0 aromatic carbocycles. The van der Waals surface area contributed by atoms with Crippen LogP contribution in [0.2, 0.25) is 0 Å². The Bertz CT molecular complexity index is 416. The monoisotopic (exact) mass is 250 g/mol. The van der Waals surface area contributed by atoms with Gasteiger partial charge in [0.05, 0.1) is 6.61 Å². The summed E-state index contributed by atoms with van der Waals surface area (Å²) in [6.45, 7) is 3.72. The average Bonchev–Trinajstić information content (AvgIpc) is 2.39. The second-order valence-electron chi connectivity index (χ2n) is 4.33. The van der Waals surface area contributed by atoms with E-state index in [9.17, 15) is 4.79 Å². The number of pyridine rings is 1. The Labute approximate surface area is 106 Å². The minimum absolute atomic E-state index is 0.0778. The molecule has 98 valence electrons. The SMILES string of the molecule is Nc1ccnc(C(=O)N2CCN(CCO)CC2)c1. The Balaban J connectivity index is 1.95. The number of β-amino-alcohol motifs (C(OH)–C–C–N with tert-alkyl or cyclic N) is 1. The van der Waals surface area contributed by atoms with Gasteiger partial charge in [-0.1, -0.05) is 0 Å². The lowest BCUT2D eigenvalue weighted by Crippen LogP contribution is -2.49. The number of hydrogen-bond acceptors (Lipinski definition) is 5. The molecule has 2 rings (SSSR count). The van der Waals surface area contributed by atoms with Crippen LogP contribution >= 0.6 is 0 Å². The van der Waals surface area contributed by atoms with Crippen molar-refractivity contribution in [3.63, 3.8) is 0 Å². The molecule has 1 saturated heterocycles. The fourth-order valence-electron chi connectivity index (χ4n) is 2.04. The maximum atomic E-state index is 12.2. The molecule has 1 aromatic rings. The summed E-state index contributed by atoms with van der Waals surface area (Å²) in [5.41, 5.74) is 6.58. The Morgan fingerprint density at radius 1 is 1.39 bits per heavy atom. The van der Waals surface area contributed by atoms with Crippen LogP contribution in [0.1, 0.15) is 10.5 Å². The van der Waals surface area contributed by atoms with Crippen LogP contribution in [0.4, 0.5) is 5.69 Å². The van der Waals surface area contributed by atoms with E-state index in [-0.39, 0.29) is 12.5 Å². The molecule has 18 heavy (non-hydrogen) atoms. The van der Waals surface area contributed by atoms with Crippen molar-refractivity contribution in [1.82, 2.24) is 14.8 Å². The quantitative estimate of drug-likeness (QED) is 0.749. The second-order valence-corrected chi connectivity index (χ2v) is 4.33. The molecule has 0 saturated carbocycles. The number of anilines is 1. The summed E-state index contributed by atoms with van der Waals surface area (Å²) in [5, 5.41) is 8.86. The third-order valence-corrected chi connectivity index (χ3v) is 3.08. The van der Waals surface area contributed by atoms with Crippen molar-refractivity contribution in [3.05, 3.63) is 24.0 Å². The molecule has 0 unspecified atom stereocenters. The summed E-state index contributed by atoms with van der Waals surface area (Å²) >= 11 is 0. The van der Waals surface area contributed by atoms with Crippen molar-refractivity contribution >= 4 is 11.6 Å². The van der Waals surface area contributed by atoms with Crippen LogP contribution in [-0.4, -0.2) is 65.1 Å². The van der Waals surface area contributed by atoms with E-state index >= 15 is 0 Å². The van der Waals surface area contributed by atoms with E-state index in [1.807, 2.05) is 0 Å². The van der Waals surface area contributed by atoms with Crippen LogP contribution in [0.25, 0.3) is 0 Å². The molecular formula is C12H18N4O2. The third kappa shape index (κ3) is 2.96. The van der Waals surface area contributed by atoms with Gasteiger partial charge in [-0.25, -0.2) is 0 Å². The fraction of sp³-hybridized carbons (Fsp3) is 0.500. The first-order valence-corrected chi connectivity index (χ1v) is 6.04. The van der Waals surface area contributed by atoms with Crippen molar-refractivity contribution in [3.8, 4) is 0 Å². The lowest BCUT2D eigenvalue weighted by molar-refractivity contribution is 0.0609. The molecule has 0 spiro atoms. The van der Waals surface area contributed by atoms with Gasteiger partial charge in [0, 0.05) is 44.6 Å². The van der Waals surface area contributed by atoms with E-state index in [0.717, 1.165) is 13.1 Å². The van der Waals surface area contributed by atoms with Crippen LogP contribution < -0.4 is 5.73 Å². The molecule has 6 nitrogen and oxygen atoms in total. The van der Waals surface area contributed by atoms with Crippen molar-refractivity contribution in [1.29, 1.82) is 0 Å². The average molecular weight is 250 g/mol. The molecule has 1 aromatic heterocycles. The zero-order chi connectivity index (χ0) is 13.0. The summed E-state index contributed by atoms with van der Waals surface area (Å²) < 4.78 is 0. The van der Waals surface area contributed by atoms with Crippen molar-refractivity contribution < 1.29 is 9.90 Å². The van der Waals surface area contributed by atoms with Gasteiger partial charge in [-0.05, 0) is 12.1 Å². The maximum absolute atomic E-state index is 12.2. The molecule has 1 aliphatic rings. The van der Waals surface area contributed by atoms with Gasteiger partial charge in [0.1, 0.15) is 5.69 Å². The summed E-state index contributed by atoms with van der Waals surface area (Å²) in [6, 6.07) is 3.26. The Kier molecular flexibility index (Phi) is 4.11. The molecule has 1 fully saturated rings. The Hall–Kier alpha value is -1.66. The lowest BCUT2D eigenvalue weighted by Gasteiger charge is -2.34. The first-order chi connectivity index (χ1) is 8.70. The van der Waals surface area contributed by atoms with Gasteiger partial charge in [0.25, 0.3) is 5.91 Å². The molecule has 6 heteroatoms. The second kappa shape index (κ2) is 5.79. The fourth-order valence-corrected chi connectivity index (χ4v) is 2.04. The first kappa shape index (κ1) is 12.8. The molecule has 0 aliphatic carbocycles. The van der Waals surface area contributed by atoms with E-state index in [1.165, 1.54) is 0 Å². The maximum Gasteiger partial charge on any atom is 0.272 e. The first-order valence-electron chi connectivity index (χ1n) is 6.04. The highest BCUT2D eigenvalue weighted by Crippen LogP contribution is 2.09. The topological polar surface area (TPSA) is 82.7 Å². The largest absolute Gasteiger partial charge is 0.399 e. The van der Waals surface area contributed by atoms with Crippen molar-refractivity contribution in [2.45, 2.75) is 0 Å². The number of carbonyl (C=O) groups excluding carboxylic acids is 1. The Morgan fingerprint density at radius 2 is 2.11 bits per heavy atom. The van der Waals surface area contributed by atoms with E-state index < -0.39 is 0 Å². The van der Waals surface area contributed by atoms with E-state index in [4.69, 9.17) is 10.8 Å². The van der Waals surface area contributed by atoms with E-state index in [1.54, 1.807) is 23.2 Å². The number of amides is 1. The number of nitrogen functional groups attached to an aromatic ring is 1. The molecule has 0 bridgehead atoms. The predicted octanol–water partition coefficient (Wildman–Crippen LogP) is -0.586. The zero-order valence-corrected chi connectivity index (χ0v) is 10.2. The van der Waals surface area contributed by atoms with Gasteiger partial charge in [-0.2, -0.15) is 0 Å². The molecule has 3 N–H and O–H groups in total. The van der Waals surface area contributed by atoms with Gasteiger partial charge in [-0.3, -0.25) is 14.7 Å². The van der Waals surface area contributed by atoms with Crippen LogP contribution in [0.5, 0.6) is 0 Å². The van der Waals surface area contributed by atoms with Crippen LogP contribution in [0, 0.1) is 0 Å². The Morgan fingerprint density at radius 3 is 2.72 bits per heavy atom. The summed E-state index contributed by atoms with van der Waals surface area (Å²) in [7, 11) is 0. The molecule has 1 aliphatic heterocycles. The number of aromatic nitrogens is 1. The number of aliphatic hydroxyl groups is 1. The van der Waals surface area contributed by atoms with E-state index in [0.29, 0.717) is 31.0 Å². The minimum atomic E-state index is -0.0778. The van der Waals surface area contributed by atoms with Gasteiger partial charge >= 0.3 is 0 Å². The number of hydrogen-bond donors (Lipinski definition) is 2. The van der Waals surface area contributed by atoms with E-state index in [2.05, 4.69) is 9.88 Å². The normalized spacial score (nSPS) is 16.8. The van der Waals surface area contributed by atoms with Gasteiger partial charge < -0.3 is 15.7 Å². The smallest absolute Gasteiger partial charge is 0.272 e. The predicted molar refractivity (Wildman–Crippen MR) is 68.1 cm³/mol. The lowest BCUT2D eigenvalue weighted by atomic mass is 10.2. The molecule has 1 amide bonds. The highest BCUT2D eigenvalue weighted by atomic mass is 16.3. The summed E-state index contributed by atoms with van der Waals surface area (Å²) in [5.74, 6) is -0.0778. The highest BCUT2D eigenvalue weighted by molar-refractivity contribution is 5.93.